The summed E-state index contributed by atoms with van der Waals surface area (Å²) in [4.78, 5) is 38.4. The van der Waals surface area contributed by atoms with Gasteiger partial charge in [0.15, 0.2) is 11.6 Å². The number of likely N-dealkylation sites (tertiary alicyclic amines) is 2. The number of aromatic nitrogens is 6. The normalized spacial score (nSPS) is 16.2. The molecule has 2 fully saturated rings. The number of rotatable bonds is 8. The molecule has 0 bridgehead atoms. The van der Waals surface area contributed by atoms with E-state index in [1.807, 2.05) is 38.2 Å². The summed E-state index contributed by atoms with van der Waals surface area (Å²) >= 11 is 3.31. The molecule has 62 heavy (non-hydrogen) atoms. The van der Waals surface area contributed by atoms with Gasteiger partial charge in [-0.1, -0.05) is 24.8 Å². The second-order valence-electron chi connectivity index (χ2n) is 15.4. The molecule has 0 aliphatic carbocycles. The van der Waals surface area contributed by atoms with Crippen LogP contribution >= 0.6 is 22.7 Å². The summed E-state index contributed by atoms with van der Waals surface area (Å²) in [6, 6.07) is 20.7. The predicted octanol–water partition coefficient (Wildman–Crippen LogP) is 7.44. The fraction of sp³-hybridized carbons (Fsp3) is 0.267. The second kappa shape index (κ2) is 16.4. The van der Waals surface area contributed by atoms with Crippen LogP contribution in [0.3, 0.4) is 0 Å². The summed E-state index contributed by atoms with van der Waals surface area (Å²) in [7, 11) is 3.37. The number of methoxy groups -OCH3 is 2. The molecule has 6 aromatic heterocycles. The van der Waals surface area contributed by atoms with Gasteiger partial charge in [0, 0.05) is 70.3 Å². The zero-order valence-corrected chi connectivity index (χ0v) is 36.0. The molecule has 0 radical (unpaired) electrons. The van der Waals surface area contributed by atoms with E-state index < -0.39 is 0 Å². The van der Waals surface area contributed by atoms with E-state index in [9.17, 15) is 9.59 Å². The zero-order valence-electron chi connectivity index (χ0n) is 34.4. The number of nitriles is 1. The number of carbonyl (C=O) groups is 2. The maximum atomic E-state index is 12.2. The molecule has 8 aromatic rings. The van der Waals surface area contributed by atoms with Crippen LogP contribution in [0.4, 0.5) is 11.6 Å². The van der Waals surface area contributed by atoms with E-state index in [1.165, 1.54) is 18.7 Å². The van der Waals surface area contributed by atoms with Crippen molar-refractivity contribution in [2.24, 2.45) is 0 Å². The third-order valence-corrected chi connectivity index (χ3v) is 14.1. The molecule has 314 valence electrons. The first-order valence-corrected chi connectivity index (χ1v) is 21.7. The van der Waals surface area contributed by atoms with Crippen molar-refractivity contribution in [2.45, 2.75) is 38.0 Å². The monoisotopic (exact) mass is 865 g/mol. The lowest BCUT2D eigenvalue weighted by Gasteiger charge is -2.14. The number of carbonyl (C=O) groups excluding carboxylic acids is 2. The average Bonchev–Trinajstić information content (AvgIpc) is 4.13. The highest BCUT2D eigenvalue weighted by Crippen LogP contribution is 2.45. The summed E-state index contributed by atoms with van der Waals surface area (Å²) in [6.07, 6.45) is 5.90. The van der Waals surface area contributed by atoms with Crippen LogP contribution in [0, 0.1) is 18.3 Å². The van der Waals surface area contributed by atoms with E-state index in [0.29, 0.717) is 37.8 Å². The molecule has 2 atom stereocenters. The van der Waals surface area contributed by atoms with Crippen molar-refractivity contribution in [3.05, 3.63) is 96.9 Å². The molecule has 10 rings (SSSR count). The van der Waals surface area contributed by atoms with Gasteiger partial charge < -0.3 is 30.7 Å². The second-order valence-corrected chi connectivity index (χ2v) is 17.5. The minimum Gasteiger partial charge on any atom is -0.495 e. The van der Waals surface area contributed by atoms with Crippen LogP contribution in [0.5, 0.6) is 11.5 Å². The highest BCUT2D eigenvalue weighted by Gasteiger charge is 2.32. The summed E-state index contributed by atoms with van der Waals surface area (Å²) in [6.45, 7) is 8.20. The summed E-state index contributed by atoms with van der Waals surface area (Å²) in [5, 5.41) is 20.1. The van der Waals surface area contributed by atoms with E-state index in [4.69, 9.17) is 26.2 Å². The number of hydrogen-bond acceptors (Lipinski definition) is 13. The van der Waals surface area contributed by atoms with Gasteiger partial charge in [0.2, 0.25) is 11.8 Å². The molecule has 0 spiro atoms. The Morgan fingerprint density at radius 2 is 1.39 bits per heavy atom. The topological polar surface area (TPSA) is 195 Å². The highest BCUT2D eigenvalue weighted by atomic mass is 32.1. The van der Waals surface area contributed by atoms with Crippen LogP contribution in [-0.2, 0) is 9.59 Å². The predicted molar refractivity (Wildman–Crippen MR) is 243 cm³/mol. The minimum atomic E-state index is -0.128. The van der Waals surface area contributed by atoms with Gasteiger partial charge in [0.1, 0.15) is 41.6 Å². The highest BCUT2D eigenvalue weighted by molar-refractivity contribution is 7.23. The molecular weight excluding hydrogens is 823 g/mol. The Bertz CT molecular complexity index is 3100. The number of nitrogens with two attached hydrogens (primary N) is 2. The number of ether oxygens (including phenoxy) is 2. The number of hydrogen-bond donors (Lipinski definition) is 2. The number of nitrogen functional groups attached to an aromatic ring is 2. The van der Waals surface area contributed by atoms with Crippen molar-refractivity contribution in [1.29, 1.82) is 5.26 Å². The quantitative estimate of drug-likeness (QED) is 0.144. The van der Waals surface area contributed by atoms with Gasteiger partial charge in [-0.15, -0.1) is 22.7 Å². The van der Waals surface area contributed by atoms with Gasteiger partial charge >= 0.3 is 0 Å². The Morgan fingerprint density at radius 3 is 1.97 bits per heavy atom. The van der Waals surface area contributed by atoms with Crippen molar-refractivity contribution in [3.63, 3.8) is 0 Å². The molecule has 15 nitrogen and oxygen atoms in total. The van der Waals surface area contributed by atoms with E-state index in [1.54, 1.807) is 41.8 Å². The van der Waals surface area contributed by atoms with Crippen molar-refractivity contribution < 1.29 is 19.1 Å². The van der Waals surface area contributed by atoms with E-state index in [-0.39, 0.29) is 30.1 Å². The standard InChI is InChI=1S/C23H22N6O2S.C22H21N5O2S/c1-13-7-15-9-19(32-22(15)18(8-13)31-2)16-10-17(29-21(16)23(25)26-12-27-29)14-4-6-28(11-14)20(30)3-5-24;1-3-19(28)26-8-7-14(11-26)16-10-15(20-22(23)24-12-25-27(16)20)18-9-13-5-4-6-17(29-2)21(13)30-18/h7-10,12,14H,3-4,6,11H2,1-2H3,(H2,25,26,27);3-6,9-10,12,14H,1,7-8,11H2,2H3,(H2,23,24,25). The Labute approximate surface area is 364 Å². The van der Waals surface area contributed by atoms with Crippen LogP contribution in [0.2, 0.25) is 0 Å². The SMILES string of the molecule is C=CC(=O)N1CCC(c2cc(-c3cc4cccc(OC)c4s3)c3c(N)ncnn23)C1.COc1cc(C)cc2cc(-c3cc(C4CCN(C(=O)CC#N)C4)n4ncnc(N)c34)sc12. The van der Waals surface area contributed by atoms with Crippen molar-refractivity contribution in [2.75, 3.05) is 51.9 Å². The Kier molecular flexibility index (Phi) is 10.7. The van der Waals surface area contributed by atoms with E-state index in [0.717, 1.165) is 93.4 Å². The molecule has 2 unspecified atom stereocenters. The van der Waals surface area contributed by atoms with Crippen LogP contribution in [0.15, 0.2) is 79.9 Å². The Morgan fingerprint density at radius 1 is 0.823 bits per heavy atom. The van der Waals surface area contributed by atoms with Crippen LogP contribution in [0.25, 0.3) is 52.1 Å². The van der Waals surface area contributed by atoms with Gasteiger partial charge in [-0.05, 0) is 78.6 Å². The fourth-order valence-corrected chi connectivity index (χ4v) is 11.1. The lowest BCUT2D eigenvalue weighted by molar-refractivity contribution is -0.129. The first kappa shape index (κ1) is 40.4. The van der Waals surface area contributed by atoms with Crippen LogP contribution in [0.1, 0.15) is 48.0 Å². The summed E-state index contributed by atoms with van der Waals surface area (Å²) in [5.41, 5.74) is 19.3. The number of thiophene rings is 2. The first-order chi connectivity index (χ1) is 30.1. The smallest absolute Gasteiger partial charge is 0.245 e. The summed E-state index contributed by atoms with van der Waals surface area (Å²) < 4.78 is 17.0. The van der Waals surface area contributed by atoms with Crippen LogP contribution < -0.4 is 20.9 Å². The minimum absolute atomic E-state index is 0.0377. The number of fused-ring (bicyclic) bond motifs is 4. The van der Waals surface area contributed by atoms with Crippen molar-refractivity contribution in [3.8, 4) is 38.4 Å². The molecule has 2 aliphatic rings. The Balaban J connectivity index is 0.000000158. The number of nitrogens with zero attached hydrogens (tertiary/aromatic N) is 9. The maximum absolute atomic E-state index is 12.2. The summed E-state index contributed by atoms with van der Waals surface area (Å²) in [5.74, 6) is 2.68. The first-order valence-electron chi connectivity index (χ1n) is 20.1. The molecule has 2 saturated heterocycles. The third kappa shape index (κ3) is 7.10. The lowest BCUT2D eigenvalue weighted by atomic mass is 10.0. The van der Waals surface area contributed by atoms with E-state index >= 15 is 0 Å². The molecular formula is C45H43N11O4S2. The Hall–Kier alpha value is -7.03. The largest absolute Gasteiger partial charge is 0.495 e. The number of amides is 2. The molecule has 0 saturated carbocycles. The molecule has 2 aliphatic heterocycles. The fourth-order valence-electron chi connectivity index (χ4n) is 8.76. The van der Waals surface area contributed by atoms with Gasteiger partial charge in [-0.2, -0.15) is 15.5 Å². The van der Waals surface area contributed by atoms with Gasteiger partial charge in [-0.3, -0.25) is 9.59 Å². The van der Waals surface area contributed by atoms with E-state index in [2.05, 4.69) is 70.1 Å². The van der Waals surface area contributed by atoms with Gasteiger partial charge in [-0.25, -0.2) is 19.0 Å². The molecule has 2 aromatic carbocycles. The lowest BCUT2D eigenvalue weighted by Crippen LogP contribution is -2.27. The van der Waals surface area contributed by atoms with Crippen molar-refractivity contribution >= 4 is 77.3 Å². The number of benzene rings is 2. The average molecular weight is 866 g/mol. The zero-order chi connectivity index (χ0) is 43.2. The van der Waals surface area contributed by atoms with Gasteiger partial charge in [0.05, 0.1) is 29.7 Å². The maximum Gasteiger partial charge on any atom is 0.245 e. The van der Waals surface area contributed by atoms with Gasteiger partial charge in [0.25, 0.3) is 0 Å². The third-order valence-electron chi connectivity index (χ3n) is 11.7. The van der Waals surface area contributed by atoms with Crippen molar-refractivity contribution in [1.82, 2.24) is 39.0 Å². The molecule has 8 heterocycles. The molecule has 17 heteroatoms. The molecule has 4 N–H and O–H groups in total. The number of anilines is 2. The number of aryl methyl sites for hydroxylation is 1. The molecule has 2 amide bonds. The van der Waals surface area contributed by atoms with Crippen LogP contribution in [-0.4, -0.2) is 91.2 Å².